The monoisotopic (exact) mass is 372 g/mol. The van der Waals surface area contributed by atoms with Gasteiger partial charge in [-0.25, -0.2) is 10.4 Å². The van der Waals surface area contributed by atoms with E-state index in [2.05, 4.69) is 15.5 Å². The summed E-state index contributed by atoms with van der Waals surface area (Å²) in [7, 11) is 3.10. The molecule has 1 amide bonds. The number of para-hydroxylation sites is 1. The van der Waals surface area contributed by atoms with Gasteiger partial charge in [-0.05, 0) is 31.2 Å². The number of imidazole rings is 1. The zero-order valence-electron chi connectivity index (χ0n) is 14.5. The minimum Gasteiger partial charge on any atom is -0.493 e. The fraction of sp³-hybridized carbons (Fsp3) is 0.167. The summed E-state index contributed by atoms with van der Waals surface area (Å²) >= 11 is 6.02. The Balaban J connectivity index is 1.85. The fourth-order valence-electron chi connectivity index (χ4n) is 2.64. The van der Waals surface area contributed by atoms with Crippen molar-refractivity contribution in [2.75, 3.05) is 14.2 Å². The molecule has 0 bridgehead atoms. The van der Waals surface area contributed by atoms with Crippen molar-refractivity contribution in [3.8, 4) is 11.5 Å². The molecule has 0 saturated carbocycles. The van der Waals surface area contributed by atoms with Crippen LogP contribution in [0.3, 0.4) is 0 Å². The summed E-state index contributed by atoms with van der Waals surface area (Å²) in [6.07, 6.45) is 3.13. The zero-order chi connectivity index (χ0) is 18.7. The number of aryl methyl sites for hydroxylation is 1. The van der Waals surface area contributed by atoms with E-state index in [0.717, 1.165) is 0 Å². The van der Waals surface area contributed by atoms with E-state index in [1.54, 1.807) is 62.1 Å². The van der Waals surface area contributed by atoms with E-state index in [1.165, 1.54) is 6.21 Å². The van der Waals surface area contributed by atoms with Gasteiger partial charge in [-0.15, -0.1) is 0 Å². The number of carbonyl (C=O) groups is 1. The van der Waals surface area contributed by atoms with Gasteiger partial charge in [-0.1, -0.05) is 17.7 Å². The summed E-state index contributed by atoms with van der Waals surface area (Å²) in [5, 5.41) is 4.53. The number of nitrogens with zero attached hydrogens (tertiary/aromatic N) is 3. The highest BCUT2D eigenvalue weighted by Crippen LogP contribution is 2.29. The summed E-state index contributed by atoms with van der Waals surface area (Å²) in [6.45, 7) is 1.75. The van der Waals surface area contributed by atoms with Crippen LogP contribution in [0.2, 0.25) is 5.02 Å². The third-order valence-corrected chi connectivity index (χ3v) is 4.00. The Morgan fingerprint density at radius 1 is 1.27 bits per heavy atom. The van der Waals surface area contributed by atoms with E-state index in [0.29, 0.717) is 39.1 Å². The second-order valence-electron chi connectivity index (χ2n) is 5.40. The molecule has 7 nitrogen and oxygen atoms in total. The predicted molar refractivity (Wildman–Crippen MR) is 99.5 cm³/mol. The van der Waals surface area contributed by atoms with Gasteiger partial charge in [-0.3, -0.25) is 9.20 Å². The van der Waals surface area contributed by atoms with Crippen molar-refractivity contribution in [2.45, 2.75) is 6.92 Å². The first-order valence-corrected chi connectivity index (χ1v) is 8.11. The largest absolute Gasteiger partial charge is 0.493 e. The van der Waals surface area contributed by atoms with Crippen LogP contribution in [-0.2, 0) is 0 Å². The van der Waals surface area contributed by atoms with Crippen LogP contribution < -0.4 is 14.9 Å². The Bertz CT molecular complexity index is 998. The number of nitrogens with one attached hydrogen (secondary N) is 1. The van der Waals surface area contributed by atoms with Gasteiger partial charge in [-0.2, -0.15) is 5.10 Å². The van der Waals surface area contributed by atoms with Crippen LogP contribution in [0.1, 0.15) is 21.7 Å². The number of benzene rings is 1. The summed E-state index contributed by atoms with van der Waals surface area (Å²) in [5.41, 5.74) is 4.77. The predicted octanol–water partition coefficient (Wildman–Crippen LogP) is 3.08. The molecule has 0 unspecified atom stereocenters. The number of fused-ring (bicyclic) bond motifs is 1. The van der Waals surface area contributed by atoms with Crippen LogP contribution in [0.4, 0.5) is 0 Å². The van der Waals surface area contributed by atoms with Crippen LogP contribution in [0, 0.1) is 6.92 Å². The van der Waals surface area contributed by atoms with Gasteiger partial charge < -0.3 is 9.47 Å². The van der Waals surface area contributed by atoms with Gasteiger partial charge in [0, 0.05) is 11.8 Å². The van der Waals surface area contributed by atoms with Crippen LogP contribution in [0.5, 0.6) is 11.5 Å². The molecule has 0 radical (unpaired) electrons. The number of hydrogen-bond acceptors (Lipinski definition) is 5. The summed E-state index contributed by atoms with van der Waals surface area (Å²) in [5.74, 6) is 0.719. The summed E-state index contributed by atoms with van der Waals surface area (Å²) < 4.78 is 12.2. The molecule has 8 heteroatoms. The number of amides is 1. The van der Waals surface area contributed by atoms with Crippen molar-refractivity contribution in [3.05, 3.63) is 58.5 Å². The average molecular weight is 373 g/mol. The van der Waals surface area contributed by atoms with Crippen LogP contribution in [0.15, 0.2) is 41.6 Å². The molecule has 3 rings (SSSR count). The van der Waals surface area contributed by atoms with Crippen molar-refractivity contribution in [1.29, 1.82) is 0 Å². The molecule has 3 aromatic rings. The molecule has 0 aliphatic carbocycles. The molecule has 0 aliphatic heterocycles. The number of rotatable bonds is 5. The highest BCUT2D eigenvalue weighted by molar-refractivity contribution is 6.30. The highest BCUT2D eigenvalue weighted by atomic mass is 35.5. The summed E-state index contributed by atoms with van der Waals surface area (Å²) in [6, 6.07) is 8.85. The topological polar surface area (TPSA) is 77.2 Å². The second-order valence-corrected chi connectivity index (χ2v) is 5.84. The first-order valence-electron chi connectivity index (χ1n) is 7.73. The SMILES string of the molecule is COc1cccc(/C=N/NC(=O)c2c(C)nc3ccc(Cl)cn23)c1OC. The van der Waals surface area contributed by atoms with Crippen molar-refractivity contribution < 1.29 is 14.3 Å². The molecular weight excluding hydrogens is 356 g/mol. The third kappa shape index (κ3) is 3.34. The standard InChI is InChI=1S/C18H17ClN4O3/c1-11-16(23-10-13(19)7-8-15(23)21-11)18(24)22-20-9-12-5-4-6-14(25-2)17(12)26-3/h4-10H,1-3H3,(H,22,24)/b20-9+. The molecule has 1 N–H and O–H groups in total. The zero-order valence-corrected chi connectivity index (χ0v) is 15.2. The second kappa shape index (κ2) is 7.45. The lowest BCUT2D eigenvalue weighted by Crippen LogP contribution is -2.20. The Hall–Kier alpha value is -3.06. The Morgan fingerprint density at radius 3 is 2.81 bits per heavy atom. The molecule has 0 spiro atoms. The molecule has 0 aliphatic rings. The molecule has 134 valence electrons. The quantitative estimate of drug-likeness (QED) is 0.551. The van der Waals surface area contributed by atoms with Crippen molar-refractivity contribution in [3.63, 3.8) is 0 Å². The lowest BCUT2D eigenvalue weighted by Gasteiger charge is -2.09. The highest BCUT2D eigenvalue weighted by Gasteiger charge is 2.16. The molecular formula is C18H17ClN4O3. The average Bonchev–Trinajstić information content (AvgIpc) is 2.96. The smallest absolute Gasteiger partial charge is 0.290 e. The van der Waals surface area contributed by atoms with Gasteiger partial charge in [0.1, 0.15) is 11.3 Å². The van der Waals surface area contributed by atoms with Gasteiger partial charge in [0.2, 0.25) is 0 Å². The van der Waals surface area contributed by atoms with Gasteiger partial charge in [0.25, 0.3) is 5.91 Å². The Morgan fingerprint density at radius 2 is 2.08 bits per heavy atom. The Kier molecular flexibility index (Phi) is 5.09. The lowest BCUT2D eigenvalue weighted by atomic mass is 10.2. The van der Waals surface area contributed by atoms with E-state index < -0.39 is 5.91 Å². The van der Waals surface area contributed by atoms with Gasteiger partial charge in [0.15, 0.2) is 11.5 Å². The molecule has 0 atom stereocenters. The molecule has 2 aromatic heterocycles. The van der Waals surface area contributed by atoms with E-state index in [1.807, 2.05) is 0 Å². The molecule has 0 saturated heterocycles. The maximum atomic E-state index is 12.5. The first kappa shape index (κ1) is 17.8. The fourth-order valence-corrected chi connectivity index (χ4v) is 2.80. The minimum atomic E-state index is -0.393. The number of aromatic nitrogens is 2. The van der Waals surface area contributed by atoms with Gasteiger partial charge in [0.05, 0.1) is 31.2 Å². The van der Waals surface area contributed by atoms with E-state index in [4.69, 9.17) is 21.1 Å². The molecule has 0 fully saturated rings. The number of methoxy groups -OCH3 is 2. The minimum absolute atomic E-state index is 0.372. The van der Waals surface area contributed by atoms with Crippen LogP contribution >= 0.6 is 11.6 Å². The van der Waals surface area contributed by atoms with E-state index in [9.17, 15) is 4.79 Å². The normalized spacial score (nSPS) is 11.1. The summed E-state index contributed by atoms with van der Waals surface area (Å²) in [4.78, 5) is 16.9. The number of pyridine rings is 1. The Labute approximate surface area is 155 Å². The molecule has 2 heterocycles. The lowest BCUT2D eigenvalue weighted by molar-refractivity contribution is 0.0948. The number of halogens is 1. The van der Waals surface area contributed by atoms with Crippen LogP contribution in [0.25, 0.3) is 5.65 Å². The van der Waals surface area contributed by atoms with Crippen molar-refractivity contribution in [1.82, 2.24) is 14.8 Å². The van der Waals surface area contributed by atoms with Crippen molar-refractivity contribution in [2.24, 2.45) is 5.10 Å². The number of hydrogen-bond donors (Lipinski definition) is 1. The third-order valence-electron chi connectivity index (χ3n) is 3.77. The van der Waals surface area contributed by atoms with E-state index in [-0.39, 0.29) is 0 Å². The molecule has 1 aromatic carbocycles. The maximum absolute atomic E-state index is 12.5. The van der Waals surface area contributed by atoms with E-state index >= 15 is 0 Å². The molecule has 26 heavy (non-hydrogen) atoms. The number of ether oxygens (including phenoxy) is 2. The first-order chi connectivity index (χ1) is 12.5. The van der Waals surface area contributed by atoms with Gasteiger partial charge >= 0.3 is 0 Å². The van der Waals surface area contributed by atoms with Crippen LogP contribution in [-0.4, -0.2) is 35.7 Å². The number of hydrazone groups is 1. The maximum Gasteiger partial charge on any atom is 0.290 e. The van der Waals surface area contributed by atoms with Crippen molar-refractivity contribution >= 4 is 29.4 Å². The number of carbonyl (C=O) groups excluding carboxylic acids is 1.